The van der Waals surface area contributed by atoms with Crippen molar-refractivity contribution in [2.45, 2.75) is 37.9 Å². The van der Waals surface area contributed by atoms with E-state index in [0.29, 0.717) is 32.5 Å². The van der Waals surface area contributed by atoms with Gasteiger partial charge in [0.15, 0.2) is 5.75 Å². The number of nitrogens with zero attached hydrogens (tertiary/aromatic N) is 5. The van der Waals surface area contributed by atoms with Crippen LogP contribution in [-0.2, 0) is 9.59 Å². The number of amides is 3. The lowest BCUT2D eigenvalue weighted by Gasteiger charge is -2.44. The normalized spacial score (nSPS) is 24.2. The van der Waals surface area contributed by atoms with E-state index in [0.717, 1.165) is 0 Å². The van der Waals surface area contributed by atoms with Crippen molar-refractivity contribution in [2.75, 3.05) is 44.2 Å². The molecule has 3 amide bonds. The predicted octanol–water partition coefficient (Wildman–Crippen LogP) is 2.68. The van der Waals surface area contributed by atoms with Gasteiger partial charge in [0.25, 0.3) is 5.91 Å². The molecule has 40 heavy (non-hydrogen) atoms. The Hall–Kier alpha value is -3.86. The fraction of sp³-hybridized carbons (Fsp3) is 0.429. The molecular formula is C28H29ClFN5O5. The number of ether oxygens (including phenoxy) is 1. The zero-order valence-corrected chi connectivity index (χ0v) is 22.7. The van der Waals surface area contributed by atoms with Crippen LogP contribution >= 0.6 is 11.6 Å². The van der Waals surface area contributed by atoms with Crippen LogP contribution < -0.4 is 9.64 Å². The molecule has 0 aliphatic carbocycles. The van der Waals surface area contributed by atoms with Gasteiger partial charge in [-0.1, -0.05) is 24.2 Å². The van der Waals surface area contributed by atoms with Gasteiger partial charge < -0.3 is 29.4 Å². The lowest BCUT2D eigenvalue weighted by molar-refractivity contribution is -0.130. The number of aromatic hydroxyl groups is 1. The summed E-state index contributed by atoms with van der Waals surface area (Å²) in [5.74, 6) is -1.24. The van der Waals surface area contributed by atoms with Gasteiger partial charge >= 0.3 is 0 Å². The summed E-state index contributed by atoms with van der Waals surface area (Å²) in [5, 5.41) is 10.5. The number of pyridine rings is 1. The van der Waals surface area contributed by atoms with Gasteiger partial charge in [-0.05, 0) is 31.6 Å². The highest BCUT2D eigenvalue weighted by Crippen LogP contribution is 2.47. The molecule has 1 aromatic carbocycles. The number of fused-ring (bicyclic) bond motifs is 3. The second kappa shape index (κ2) is 9.96. The Labute approximate surface area is 235 Å². The molecule has 4 aliphatic heterocycles. The Morgan fingerprint density at radius 3 is 2.67 bits per heavy atom. The minimum atomic E-state index is -0.726. The Balaban J connectivity index is 1.50. The summed E-state index contributed by atoms with van der Waals surface area (Å²) in [6.07, 6.45) is 2.38. The topological polar surface area (TPSA) is 107 Å². The molecule has 1 N–H and O–H groups in total. The molecule has 3 saturated heterocycles. The minimum absolute atomic E-state index is 0.0423. The Morgan fingerprint density at radius 2 is 1.93 bits per heavy atom. The maximum atomic E-state index is 15.1. The second-order valence-electron chi connectivity index (χ2n) is 10.5. The number of halogens is 2. The number of hydrogen-bond acceptors (Lipinski definition) is 7. The molecule has 12 heteroatoms. The second-order valence-corrected chi connectivity index (χ2v) is 10.9. The number of rotatable bonds is 3. The predicted molar refractivity (Wildman–Crippen MR) is 145 cm³/mol. The third kappa shape index (κ3) is 4.06. The zero-order chi connectivity index (χ0) is 28.3. The van der Waals surface area contributed by atoms with Gasteiger partial charge in [0.2, 0.25) is 11.8 Å². The van der Waals surface area contributed by atoms with Gasteiger partial charge in [-0.25, -0.2) is 9.37 Å². The number of phenolic OH excluding ortho intramolecular Hbond substituents is 1. The largest absolute Gasteiger partial charge is 0.507 e. The van der Waals surface area contributed by atoms with E-state index in [4.69, 9.17) is 21.3 Å². The molecule has 210 valence electrons. The first-order valence-electron chi connectivity index (χ1n) is 13.3. The molecule has 2 aromatic rings. The Morgan fingerprint density at radius 1 is 1.18 bits per heavy atom. The maximum absolute atomic E-state index is 15.1. The van der Waals surface area contributed by atoms with E-state index in [1.165, 1.54) is 24.3 Å². The van der Waals surface area contributed by atoms with Crippen LogP contribution in [0.2, 0.25) is 5.02 Å². The number of aromatic nitrogens is 1. The van der Waals surface area contributed by atoms with Crippen molar-refractivity contribution in [3.8, 4) is 22.8 Å². The highest BCUT2D eigenvalue weighted by molar-refractivity contribution is 6.35. The molecule has 3 atom stereocenters. The third-order valence-electron chi connectivity index (χ3n) is 8.44. The molecule has 3 fully saturated rings. The van der Waals surface area contributed by atoms with Crippen molar-refractivity contribution >= 4 is 35.1 Å². The van der Waals surface area contributed by atoms with E-state index in [1.807, 2.05) is 16.7 Å². The highest BCUT2D eigenvalue weighted by atomic mass is 35.5. The van der Waals surface area contributed by atoms with Crippen LogP contribution in [0, 0.1) is 5.82 Å². The van der Waals surface area contributed by atoms with Crippen LogP contribution in [0.25, 0.3) is 11.3 Å². The fourth-order valence-corrected chi connectivity index (χ4v) is 6.66. The number of piperazine rings is 2. The van der Waals surface area contributed by atoms with Crippen LogP contribution in [-0.4, -0.2) is 100.0 Å². The average molecular weight is 570 g/mol. The Bertz CT molecular complexity index is 1420. The number of phenols is 1. The molecular weight excluding hydrogens is 541 g/mol. The van der Waals surface area contributed by atoms with E-state index in [2.05, 4.69) is 6.58 Å². The number of carbonyl (C=O) groups excluding carboxylic acids is 3. The van der Waals surface area contributed by atoms with E-state index in [-0.39, 0.29) is 88.7 Å². The van der Waals surface area contributed by atoms with Crippen LogP contribution in [0.5, 0.6) is 11.5 Å². The summed E-state index contributed by atoms with van der Waals surface area (Å²) in [6, 6.07) is 3.19. The zero-order valence-electron chi connectivity index (χ0n) is 22.0. The average Bonchev–Trinajstić information content (AvgIpc) is 3.26. The number of benzene rings is 1. The summed E-state index contributed by atoms with van der Waals surface area (Å²) >= 11 is 6.81. The monoisotopic (exact) mass is 569 g/mol. The molecule has 0 saturated carbocycles. The summed E-state index contributed by atoms with van der Waals surface area (Å²) in [6.45, 7) is 7.29. The van der Waals surface area contributed by atoms with Crippen LogP contribution in [0.4, 0.5) is 10.2 Å². The van der Waals surface area contributed by atoms with Crippen LogP contribution in [0.1, 0.15) is 30.1 Å². The first kappa shape index (κ1) is 26.4. The van der Waals surface area contributed by atoms with Gasteiger partial charge in [0.05, 0.1) is 17.6 Å². The van der Waals surface area contributed by atoms with Gasteiger partial charge in [0.1, 0.15) is 40.3 Å². The summed E-state index contributed by atoms with van der Waals surface area (Å²) in [4.78, 5) is 50.8. The molecule has 5 heterocycles. The number of hydrogen-bond donors (Lipinski definition) is 1. The van der Waals surface area contributed by atoms with Gasteiger partial charge in [0, 0.05) is 45.2 Å². The van der Waals surface area contributed by atoms with Crippen molar-refractivity contribution in [1.82, 2.24) is 19.7 Å². The molecule has 6 rings (SSSR count). The molecule has 1 aromatic heterocycles. The molecule has 0 spiro atoms. The fourth-order valence-electron chi connectivity index (χ4n) is 6.37. The molecule has 0 bridgehead atoms. The molecule has 1 unspecified atom stereocenters. The van der Waals surface area contributed by atoms with Gasteiger partial charge in [-0.15, -0.1) is 0 Å². The molecule has 10 nitrogen and oxygen atoms in total. The van der Waals surface area contributed by atoms with Crippen LogP contribution in [0.15, 0.2) is 30.9 Å². The maximum Gasteiger partial charge on any atom is 0.261 e. The van der Waals surface area contributed by atoms with Crippen molar-refractivity contribution in [2.24, 2.45) is 0 Å². The highest BCUT2D eigenvalue weighted by Gasteiger charge is 2.45. The van der Waals surface area contributed by atoms with E-state index >= 15 is 4.39 Å². The first-order valence-corrected chi connectivity index (χ1v) is 13.7. The molecule has 4 aliphatic rings. The SMILES string of the molecule is C=CC(=O)N1CCN2C(=O)c3c(N4CCN5C(=O)CCC5[C@@H]4C)nc(-c4c(O)cccc4F)c(Cl)c3OC[C@H]2C1. The summed E-state index contributed by atoms with van der Waals surface area (Å²) < 4.78 is 21.3. The van der Waals surface area contributed by atoms with Gasteiger partial charge in [-0.3, -0.25) is 14.4 Å². The minimum Gasteiger partial charge on any atom is -0.507 e. The van der Waals surface area contributed by atoms with E-state index in [1.54, 1.807) is 9.80 Å². The van der Waals surface area contributed by atoms with Crippen molar-refractivity contribution in [1.29, 1.82) is 0 Å². The van der Waals surface area contributed by atoms with E-state index in [9.17, 15) is 19.5 Å². The smallest absolute Gasteiger partial charge is 0.261 e. The first-order chi connectivity index (χ1) is 19.2. The quantitative estimate of drug-likeness (QED) is 0.567. The lowest BCUT2D eigenvalue weighted by Crippen LogP contribution is -2.58. The van der Waals surface area contributed by atoms with Crippen LogP contribution in [0.3, 0.4) is 0 Å². The van der Waals surface area contributed by atoms with Gasteiger partial charge in [-0.2, -0.15) is 0 Å². The van der Waals surface area contributed by atoms with E-state index < -0.39 is 11.9 Å². The lowest BCUT2D eigenvalue weighted by atomic mass is 10.0. The third-order valence-corrected chi connectivity index (χ3v) is 8.80. The summed E-state index contributed by atoms with van der Waals surface area (Å²) in [7, 11) is 0. The standard InChI is InChI=1S/C28H29ClFN5O5/c1-3-20(37)32-9-10-34-16(13-32)14-40-26-23(28(34)39)27(33-11-12-35-18(15(33)2)7-8-21(35)38)31-25(24(26)29)22-17(30)5-4-6-19(22)36/h3-6,15-16,18,36H,1,7-14H2,2H3/t15-,16+,18?/m0/s1. The Kier molecular flexibility index (Phi) is 6.56. The molecule has 0 radical (unpaired) electrons. The summed E-state index contributed by atoms with van der Waals surface area (Å²) in [5.41, 5.74) is -0.0841. The van der Waals surface area contributed by atoms with Crippen molar-refractivity contribution < 1.29 is 28.6 Å². The number of carbonyl (C=O) groups is 3. The number of anilines is 1. The van der Waals surface area contributed by atoms with Crippen molar-refractivity contribution in [3.05, 3.63) is 47.3 Å². The van der Waals surface area contributed by atoms with Crippen molar-refractivity contribution in [3.63, 3.8) is 0 Å².